The number of rotatable bonds is 4. The van der Waals surface area contributed by atoms with Crippen LogP contribution in [0.2, 0.25) is 0 Å². The van der Waals surface area contributed by atoms with Crippen molar-refractivity contribution in [1.29, 1.82) is 0 Å². The van der Waals surface area contributed by atoms with E-state index in [2.05, 4.69) is 0 Å². The van der Waals surface area contributed by atoms with Crippen LogP contribution in [0.1, 0.15) is 31.1 Å². The van der Waals surface area contributed by atoms with Gasteiger partial charge in [0.1, 0.15) is 11.5 Å². The van der Waals surface area contributed by atoms with E-state index in [1.54, 1.807) is 32.4 Å². The van der Waals surface area contributed by atoms with E-state index in [4.69, 9.17) is 15.2 Å². The van der Waals surface area contributed by atoms with Crippen molar-refractivity contribution < 1.29 is 14.3 Å². The second kappa shape index (κ2) is 5.40. The minimum atomic E-state index is -0.561. The maximum Gasteiger partial charge on any atom is 0.180 e. The van der Waals surface area contributed by atoms with Gasteiger partial charge in [0.05, 0.1) is 20.3 Å². The Kier molecular flexibility index (Phi) is 4.35. The molecule has 0 fully saturated rings. The zero-order valence-corrected chi connectivity index (χ0v) is 11.6. The van der Waals surface area contributed by atoms with E-state index in [-0.39, 0.29) is 11.2 Å². The van der Waals surface area contributed by atoms with Crippen LogP contribution in [0.3, 0.4) is 0 Å². The Balaban J connectivity index is 3.12. The van der Waals surface area contributed by atoms with Crippen molar-refractivity contribution >= 4 is 5.78 Å². The third-order valence-electron chi connectivity index (χ3n) is 2.85. The van der Waals surface area contributed by atoms with Gasteiger partial charge in [-0.1, -0.05) is 20.8 Å². The summed E-state index contributed by atoms with van der Waals surface area (Å²) < 4.78 is 10.3. The number of benzene rings is 1. The summed E-state index contributed by atoms with van der Waals surface area (Å²) in [4.78, 5) is 12.3. The average molecular weight is 251 g/mol. The Hall–Kier alpha value is -1.55. The van der Waals surface area contributed by atoms with E-state index in [9.17, 15) is 4.79 Å². The lowest BCUT2D eigenvalue weighted by Crippen LogP contribution is -2.42. The van der Waals surface area contributed by atoms with Crippen molar-refractivity contribution in [2.45, 2.75) is 26.8 Å². The van der Waals surface area contributed by atoms with E-state index in [0.717, 1.165) is 0 Å². The topological polar surface area (TPSA) is 61.5 Å². The van der Waals surface area contributed by atoms with Crippen LogP contribution in [0.4, 0.5) is 0 Å². The summed E-state index contributed by atoms with van der Waals surface area (Å²) in [6, 6.07) is 4.51. The SMILES string of the molecule is COc1cc(OC)cc(C(=O)C(N)C(C)(C)C)c1. The molecule has 1 unspecified atom stereocenters. The lowest BCUT2D eigenvalue weighted by atomic mass is 9.83. The van der Waals surface area contributed by atoms with Crippen LogP contribution in [0.5, 0.6) is 11.5 Å². The predicted octanol–water partition coefficient (Wildman–Crippen LogP) is 2.26. The molecule has 4 heteroatoms. The zero-order chi connectivity index (χ0) is 13.9. The van der Waals surface area contributed by atoms with Crippen LogP contribution in [0, 0.1) is 5.41 Å². The van der Waals surface area contributed by atoms with Gasteiger partial charge in [-0.2, -0.15) is 0 Å². The van der Waals surface area contributed by atoms with E-state index < -0.39 is 6.04 Å². The van der Waals surface area contributed by atoms with Gasteiger partial charge < -0.3 is 15.2 Å². The molecule has 0 aromatic heterocycles. The molecule has 0 aliphatic carbocycles. The molecule has 1 aromatic carbocycles. The Bertz CT molecular complexity index is 413. The molecule has 1 atom stereocenters. The Morgan fingerprint density at radius 2 is 1.56 bits per heavy atom. The number of hydrogen-bond donors (Lipinski definition) is 1. The smallest absolute Gasteiger partial charge is 0.180 e. The molecule has 0 heterocycles. The highest BCUT2D eigenvalue weighted by Crippen LogP contribution is 2.26. The molecule has 0 saturated heterocycles. The maximum absolute atomic E-state index is 12.3. The molecule has 0 aliphatic heterocycles. The number of carbonyl (C=O) groups is 1. The fraction of sp³-hybridized carbons (Fsp3) is 0.500. The molecule has 0 saturated carbocycles. The molecule has 2 N–H and O–H groups in total. The summed E-state index contributed by atoms with van der Waals surface area (Å²) in [5.74, 6) is 1.05. The fourth-order valence-corrected chi connectivity index (χ4v) is 1.52. The van der Waals surface area contributed by atoms with Crippen LogP contribution in [0.25, 0.3) is 0 Å². The first-order chi connectivity index (χ1) is 8.29. The van der Waals surface area contributed by atoms with Crippen LogP contribution in [0.15, 0.2) is 18.2 Å². The highest BCUT2D eigenvalue weighted by molar-refractivity contribution is 6.01. The molecule has 4 nitrogen and oxygen atoms in total. The fourth-order valence-electron chi connectivity index (χ4n) is 1.52. The van der Waals surface area contributed by atoms with Crippen LogP contribution >= 0.6 is 0 Å². The van der Waals surface area contributed by atoms with E-state index in [1.807, 2.05) is 20.8 Å². The van der Waals surface area contributed by atoms with Crippen molar-refractivity contribution in [2.75, 3.05) is 14.2 Å². The van der Waals surface area contributed by atoms with Gasteiger partial charge in [0.15, 0.2) is 5.78 Å². The van der Waals surface area contributed by atoms with Gasteiger partial charge in [0.25, 0.3) is 0 Å². The quantitative estimate of drug-likeness (QED) is 0.834. The number of ketones is 1. The lowest BCUT2D eigenvalue weighted by Gasteiger charge is -2.25. The van der Waals surface area contributed by atoms with Gasteiger partial charge in [-0.05, 0) is 17.5 Å². The van der Waals surface area contributed by atoms with Crippen LogP contribution < -0.4 is 15.2 Å². The minimum Gasteiger partial charge on any atom is -0.497 e. The molecule has 0 bridgehead atoms. The van der Waals surface area contributed by atoms with Crippen molar-refractivity contribution in [3.05, 3.63) is 23.8 Å². The maximum atomic E-state index is 12.3. The molecular weight excluding hydrogens is 230 g/mol. The number of nitrogens with two attached hydrogens (primary N) is 1. The third-order valence-corrected chi connectivity index (χ3v) is 2.85. The summed E-state index contributed by atoms with van der Waals surface area (Å²) in [6.07, 6.45) is 0. The van der Waals surface area contributed by atoms with Crippen molar-refractivity contribution in [3.63, 3.8) is 0 Å². The summed E-state index contributed by atoms with van der Waals surface area (Å²) >= 11 is 0. The first-order valence-electron chi connectivity index (χ1n) is 5.82. The standard InChI is InChI=1S/C14H21NO3/c1-14(2,3)13(15)12(16)9-6-10(17-4)8-11(7-9)18-5/h6-8,13H,15H2,1-5H3. The van der Waals surface area contributed by atoms with Crippen molar-refractivity contribution in [1.82, 2.24) is 0 Å². The van der Waals surface area contributed by atoms with E-state index >= 15 is 0 Å². The number of hydrogen-bond acceptors (Lipinski definition) is 4. The van der Waals surface area contributed by atoms with E-state index in [1.165, 1.54) is 0 Å². The highest BCUT2D eigenvalue weighted by Gasteiger charge is 2.28. The molecule has 1 aromatic rings. The molecule has 100 valence electrons. The number of ether oxygens (including phenoxy) is 2. The monoisotopic (exact) mass is 251 g/mol. The minimum absolute atomic E-state index is 0.111. The van der Waals surface area contributed by atoms with Gasteiger partial charge >= 0.3 is 0 Å². The van der Waals surface area contributed by atoms with Gasteiger partial charge in [-0.3, -0.25) is 4.79 Å². The molecular formula is C14H21NO3. The van der Waals surface area contributed by atoms with Gasteiger partial charge in [0.2, 0.25) is 0 Å². The van der Waals surface area contributed by atoms with Gasteiger partial charge in [0, 0.05) is 11.6 Å². The first kappa shape index (κ1) is 14.5. The molecule has 0 spiro atoms. The Morgan fingerprint density at radius 1 is 1.11 bits per heavy atom. The highest BCUT2D eigenvalue weighted by atomic mass is 16.5. The molecule has 0 aliphatic rings. The molecule has 0 radical (unpaired) electrons. The third kappa shape index (κ3) is 3.23. The summed E-state index contributed by atoms with van der Waals surface area (Å²) in [6.45, 7) is 5.81. The lowest BCUT2D eigenvalue weighted by molar-refractivity contribution is 0.0900. The normalized spacial score (nSPS) is 13.0. The van der Waals surface area contributed by atoms with Crippen LogP contribution in [-0.4, -0.2) is 26.0 Å². The van der Waals surface area contributed by atoms with Crippen LogP contribution in [-0.2, 0) is 0 Å². The molecule has 18 heavy (non-hydrogen) atoms. The second-order valence-corrected chi connectivity index (χ2v) is 5.31. The average Bonchev–Trinajstić information content (AvgIpc) is 2.35. The largest absolute Gasteiger partial charge is 0.497 e. The zero-order valence-electron chi connectivity index (χ0n) is 11.6. The van der Waals surface area contributed by atoms with Crippen molar-refractivity contribution in [2.24, 2.45) is 11.1 Å². The number of Topliss-reactive ketones (excluding diaryl/α,β-unsaturated/α-hetero) is 1. The molecule has 0 amide bonds. The van der Waals surface area contributed by atoms with Gasteiger partial charge in [-0.25, -0.2) is 0 Å². The Morgan fingerprint density at radius 3 is 1.89 bits per heavy atom. The van der Waals surface area contributed by atoms with Gasteiger partial charge in [-0.15, -0.1) is 0 Å². The second-order valence-electron chi connectivity index (χ2n) is 5.31. The molecule has 1 rings (SSSR count). The summed E-state index contributed by atoms with van der Waals surface area (Å²) in [5.41, 5.74) is 6.20. The summed E-state index contributed by atoms with van der Waals surface area (Å²) in [7, 11) is 3.10. The van der Waals surface area contributed by atoms with E-state index in [0.29, 0.717) is 17.1 Å². The predicted molar refractivity (Wildman–Crippen MR) is 71.3 cm³/mol. The number of methoxy groups -OCH3 is 2. The Labute approximate surface area is 108 Å². The first-order valence-corrected chi connectivity index (χ1v) is 5.82. The number of carbonyl (C=O) groups excluding carboxylic acids is 1. The van der Waals surface area contributed by atoms with Crippen molar-refractivity contribution in [3.8, 4) is 11.5 Å². The summed E-state index contributed by atoms with van der Waals surface area (Å²) in [5, 5.41) is 0.